The predicted molar refractivity (Wildman–Crippen MR) is 124 cm³/mol. The summed E-state index contributed by atoms with van der Waals surface area (Å²) in [6.07, 6.45) is -3.17. The first-order chi connectivity index (χ1) is 16.8. The highest BCUT2D eigenvalue weighted by molar-refractivity contribution is 5.84. The number of nitrogens with one attached hydrogen (secondary N) is 2. The van der Waals surface area contributed by atoms with Crippen molar-refractivity contribution in [1.82, 2.24) is 14.5 Å². The fourth-order valence-corrected chi connectivity index (χ4v) is 3.82. The highest BCUT2D eigenvalue weighted by Gasteiger charge is 2.31. The molecule has 1 aromatic heterocycles. The van der Waals surface area contributed by atoms with Crippen LogP contribution < -0.4 is 20.1 Å². The van der Waals surface area contributed by atoms with E-state index in [9.17, 15) is 13.2 Å². The lowest BCUT2D eigenvalue weighted by Gasteiger charge is -2.20. The van der Waals surface area contributed by atoms with Crippen molar-refractivity contribution in [1.29, 1.82) is 5.41 Å². The van der Waals surface area contributed by atoms with Gasteiger partial charge in [-0.05, 0) is 60.7 Å². The largest absolute Gasteiger partial charge is 0.573 e. The molecule has 5 rings (SSSR count). The molecule has 0 fully saturated rings. The van der Waals surface area contributed by atoms with Gasteiger partial charge < -0.3 is 19.4 Å². The van der Waals surface area contributed by atoms with E-state index in [1.54, 1.807) is 30.5 Å². The van der Waals surface area contributed by atoms with E-state index in [1.165, 1.54) is 31.4 Å². The number of ether oxygens (including phenoxy) is 2. The number of halogens is 3. The molecule has 35 heavy (non-hydrogen) atoms. The van der Waals surface area contributed by atoms with Crippen LogP contribution >= 0.6 is 0 Å². The Labute approximate surface area is 197 Å². The van der Waals surface area contributed by atoms with Gasteiger partial charge in [0.05, 0.1) is 40.6 Å². The van der Waals surface area contributed by atoms with E-state index in [4.69, 9.17) is 15.1 Å². The number of methoxy groups -OCH3 is 1. The zero-order valence-corrected chi connectivity index (χ0v) is 18.3. The number of hydrogen-bond donors (Lipinski definition) is 2. The molecule has 0 saturated carbocycles. The molecule has 176 valence electrons. The molecule has 0 radical (unpaired) electrons. The normalized spacial score (nSPS) is 11.5. The van der Waals surface area contributed by atoms with Crippen molar-refractivity contribution in [3.8, 4) is 28.7 Å². The van der Waals surface area contributed by atoms with Gasteiger partial charge >= 0.3 is 6.36 Å². The minimum absolute atomic E-state index is 0.186. The van der Waals surface area contributed by atoms with Gasteiger partial charge in [0.1, 0.15) is 11.4 Å². The summed E-state index contributed by atoms with van der Waals surface area (Å²) in [6.45, 7) is 0. The maximum Gasteiger partial charge on any atom is 0.573 e. The number of anilines is 2. The van der Waals surface area contributed by atoms with Crippen LogP contribution in [0.5, 0.6) is 11.6 Å². The van der Waals surface area contributed by atoms with Crippen LogP contribution in [0.1, 0.15) is 0 Å². The molecule has 1 aliphatic carbocycles. The third kappa shape index (κ3) is 4.45. The Hall–Kier alpha value is -4.60. The molecule has 3 aromatic rings. The zero-order valence-electron chi connectivity index (χ0n) is 18.3. The molecule has 0 unspecified atom stereocenters. The summed E-state index contributed by atoms with van der Waals surface area (Å²) >= 11 is 0. The molecule has 2 N–H and O–H groups in total. The van der Waals surface area contributed by atoms with Gasteiger partial charge in [0.15, 0.2) is 0 Å². The lowest BCUT2D eigenvalue weighted by molar-refractivity contribution is -0.274. The molecule has 2 aromatic carbocycles. The monoisotopic (exact) mass is 477 g/mol. The lowest BCUT2D eigenvalue weighted by atomic mass is 10.1. The Balaban J connectivity index is 1.66. The van der Waals surface area contributed by atoms with E-state index < -0.39 is 6.36 Å². The van der Waals surface area contributed by atoms with E-state index in [-0.39, 0.29) is 11.1 Å². The first-order valence-electron chi connectivity index (χ1n) is 10.4. The van der Waals surface area contributed by atoms with Crippen LogP contribution in [0.2, 0.25) is 0 Å². The maximum absolute atomic E-state index is 12.6. The smallest absolute Gasteiger partial charge is 0.480 e. The van der Waals surface area contributed by atoms with Crippen molar-refractivity contribution >= 4 is 22.4 Å². The van der Waals surface area contributed by atoms with Gasteiger partial charge in [-0.1, -0.05) is 12.1 Å². The van der Waals surface area contributed by atoms with Crippen molar-refractivity contribution < 1.29 is 22.6 Å². The van der Waals surface area contributed by atoms with E-state index in [2.05, 4.69) is 15.0 Å². The van der Waals surface area contributed by atoms with Crippen LogP contribution in [0.3, 0.4) is 0 Å². The van der Waals surface area contributed by atoms with Crippen LogP contribution in [0.15, 0.2) is 79.0 Å². The fourth-order valence-electron chi connectivity index (χ4n) is 3.82. The lowest BCUT2D eigenvalue weighted by Crippen LogP contribution is -2.17. The standard InChI is InChI=1S/C25H18F3N5O2/c1-34-24-19(6-4-12-30-24)32-20-14-21-23(13-17(20)29)33(22-7-3-2-5-18(22)31-21)15-8-10-16(11-9-15)35-25(26,27)28/h2-14,29,32H,1H3. The number of nitrogens with zero attached hydrogens (tertiary/aromatic N) is 3. The van der Waals surface area contributed by atoms with E-state index in [0.717, 1.165) is 5.52 Å². The summed E-state index contributed by atoms with van der Waals surface area (Å²) in [5.41, 5.74) is 4.29. The zero-order chi connectivity index (χ0) is 24.6. The minimum atomic E-state index is -4.77. The summed E-state index contributed by atoms with van der Waals surface area (Å²) in [5, 5.41) is 12.0. The second-order valence-electron chi connectivity index (χ2n) is 7.55. The second kappa shape index (κ2) is 8.64. The second-order valence-corrected chi connectivity index (χ2v) is 7.55. The molecule has 10 heteroatoms. The summed E-state index contributed by atoms with van der Waals surface area (Å²) in [7, 11) is 1.51. The number of alkyl halides is 3. The molecule has 0 amide bonds. The van der Waals surface area contributed by atoms with Crippen LogP contribution in [-0.2, 0) is 0 Å². The quantitative estimate of drug-likeness (QED) is 0.319. The van der Waals surface area contributed by atoms with Gasteiger partial charge in [-0.2, -0.15) is 0 Å². The molecule has 0 bridgehead atoms. The Morgan fingerprint density at radius 1 is 0.943 bits per heavy atom. The summed E-state index contributed by atoms with van der Waals surface area (Å²) in [6, 6.07) is 19.9. The van der Waals surface area contributed by atoms with Gasteiger partial charge in [0, 0.05) is 11.9 Å². The van der Waals surface area contributed by atoms with Crippen molar-refractivity contribution in [2.45, 2.75) is 6.36 Å². The van der Waals surface area contributed by atoms with Crippen LogP contribution in [0.4, 0.5) is 24.5 Å². The molecule has 2 heterocycles. The molecule has 0 atom stereocenters. The Kier molecular flexibility index (Phi) is 5.48. The number of fused-ring (bicyclic) bond motifs is 2. The van der Waals surface area contributed by atoms with Crippen molar-refractivity contribution in [2.75, 3.05) is 12.4 Å². The highest BCUT2D eigenvalue weighted by atomic mass is 19.4. The average Bonchev–Trinajstić information content (AvgIpc) is 2.83. The van der Waals surface area contributed by atoms with Gasteiger partial charge in [-0.15, -0.1) is 13.2 Å². The molecule has 0 saturated heterocycles. The highest BCUT2D eigenvalue weighted by Crippen LogP contribution is 2.32. The maximum atomic E-state index is 12.6. The van der Waals surface area contributed by atoms with Crippen molar-refractivity contribution in [3.63, 3.8) is 0 Å². The molecule has 0 spiro atoms. The first-order valence-corrected chi connectivity index (χ1v) is 10.4. The van der Waals surface area contributed by atoms with Crippen molar-refractivity contribution in [3.05, 3.63) is 84.4 Å². The van der Waals surface area contributed by atoms with Crippen LogP contribution in [-0.4, -0.2) is 28.0 Å². The minimum Gasteiger partial charge on any atom is -0.480 e. The Bertz CT molecular complexity index is 1550. The third-order valence-corrected chi connectivity index (χ3v) is 5.28. The van der Waals surface area contributed by atoms with Crippen molar-refractivity contribution in [2.24, 2.45) is 0 Å². The number of pyridine rings is 1. The number of aromatic nitrogens is 3. The number of rotatable bonds is 5. The fraction of sp³-hybridized carbons (Fsp3) is 0.0800. The van der Waals surface area contributed by atoms with E-state index in [1.807, 2.05) is 28.8 Å². The predicted octanol–water partition coefficient (Wildman–Crippen LogP) is 5.66. The Morgan fingerprint density at radius 2 is 1.71 bits per heavy atom. The van der Waals surface area contributed by atoms with Gasteiger partial charge in [-0.3, -0.25) is 5.41 Å². The SMILES string of the molecule is COc1ncccc1Nc1cc2nc3ccccc3n(-c3ccc(OC(F)(F)F)cc3)c-2cc1=N. The van der Waals surface area contributed by atoms with Gasteiger partial charge in [-0.25, -0.2) is 9.97 Å². The van der Waals surface area contributed by atoms with E-state index >= 15 is 0 Å². The number of benzene rings is 3. The summed E-state index contributed by atoms with van der Waals surface area (Å²) in [5.74, 6) is 0.0669. The van der Waals surface area contributed by atoms with Crippen LogP contribution in [0, 0.1) is 5.41 Å². The third-order valence-electron chi connectivity index (χ3n) is 5.28. The topological polar surface area (TPSA) is 85.1 Å². The number of para-hydroxylation sites is 2. The first kappa shape index (κ1) is 22.2. The molecular weight excluding hydrogens is 459 g/mol. The number of hydrogen-bond acceptors (Lipinski definition) is 6. The molecule has 2 aliphatic rings. The van der Waals surface area contributed by atoms with Gasteiger partial charge in [0.25, 0.3) is 0 Å². The van der Waals surface area contributed by atoms with E-state index in [0.29, 0.717) is 39.8 Å². The molecular formula is C25H18F3N5O2. The van der Waals surface area contributed by atoms with Gasteiger partial charge in [0.2, 0.25) is 5.88 Å². The van der Waals surface area contributed by atoms with Crippen LogP contribution in [0.25, 0.3) is 28.1 Å². The average molecular weight is 477 g/mol. The molecule has 1 aliphatic heterocycles. The summed E-state index contributed by atoms with van der Waals surface area (Å²) < 4.78 is 48.9. The Morgan fingerprint density at radius 3 is 2.46 bits per heavy atom. The molecule has 7 nitrogen and oxygen atoms in total. The summed E-state index contributed by atoms with van der Waals surface area (Å²) in [4.78, 5) is 8.91.